The summed E-state index contributed by atoms with van der Waals surface area (Å²) in [5.41, 5.74) is 3.10. The molecule has 4 heteroatoms. The van der Waals surface area contributed by atoms with E-state index in [2.05, 4.69) is 34.1 Å². The van der Waals surface area contributed by atoms with E-state index in [-0.39, 0.29) is 0 Å². The highest BCUT2D eigenvalue weighted by Crippen LogP contribution is 2.30. The number of nitrogens with zero attached hydrogens (tertiary/aromatic N) is 3. The molecule has 0 bridgehead atoms. The van der Waals surface area contributed by atoms with Gasteiger partial charge in [-0.1, -0.05) is 13.8 Å². The van der Waals surface area contributed by atoms with Gasteiger partial charge in [-0.3, -0.25) is 4.98 Å². The first kappa shape index (κ1) is 11.5. The van der Waals surface area contributed by atoms with Gasteiger partial charge in [0, 0.05) is 30.6 Å². The number of aromatic nitrogens is 3. The van der Waals surface area contributed by atoms with E-state index in [9.17, 15) is 0 Å². The molecular formula is C13H16N4. The first-order chi connectivity index (χ1) is 8.24. The van der Waals surface area contributed by atoms with Gasteiger partial charge < -0.3 is 5.32 Å². The molecule has 0 atom stereocenters. The Balaban J connectivity index is 2.62. The van der Waals surface area contributed by atoms with Crippen LogP contribution in [0, 0.1) is 0 Å². The SMILES string of the molecule is CNc1ncnc(-c2cccnc2)c1C(C)C. The lowest BCUT2D eigenvalue weighted by Crippen LogP contribution is -2.04. The van der Waals surface area contributed by atoms with Crippen LogP contribution in [0.1, 0.15) is 25.3 Å². The smallest absolute Gasteiger partial charge is 0.133 e. The van der Waals surface area contributed by atoms with Gasteiger partial charge in [0.25, 0.3) is 0 Å². The van der Waals surface area contributed by atoms with Crippen LogP contribution in [0.25, 0.3) is 11.3 Å². The molecule has 88 valence electrons. The zero-order valence-electron chi connectivity index (χ0n) is 10.3. The van der Waals surface area contributed by atoms with Crippen molar-refractivity contribution in [2.45, 2.75) is 19.8 Å². The van der Waals surface area contributed by atoms with Gasteiger partial charge in [-0.2, -0.15) is 0 Å². The van der Waals surface area contributed by atoms with Crippen molar-refractivity contribution in [3.63, 3.8) is 0 Å². The lowest BCUT2D eigenvalue weighted by atomic mass is 9.98. The van der Waals surface area contributed by atoms with Gasteiger partial charge in [0.15, 0.2) is 0 Å². The summed E-state index contributed by atoms with van der Waals surface area (Å²) in [6.07, 6.45) is 5.17. The molecule has 4 nitrogen and oxygen atoms in total. The highest BCUT2D eigenvalue weighted by Gasteiger charge is 2.15. The van der Waals surface area contributed by atoms with Crippen LogP contribution in [0.3, 0.4) is 0 Å². The second kappa shape index (κ2) is 4.91. The molecule has 0 unspecified atom stereocenters. The Morgan fingerprint density at radius 2 is 2.06 bits per heavy atom. The Hall–Kier alpha value is -1.97. The number of pyridine rings is 1. The molecule has 0 saturated carbocycles. The van der Waals surface area contributed by atoms with E-state index in [0.717, 1.165) is 22.6 Å². The van der Waals surface area contributed by atoms with Gasteiger partial charge in [-0.25, -0.2) is 9.97 Å². The van der Waals surface area contributed by atoms with E-state index < -0.39 is 0 Å². The fourth-order valence-electron chi connectivity index (χ4n) is 1.87. The van der Waals surface area contributed by atoms with Crippen LogP contribution in [-0.4, -0.2) is 22.0 Å². The zero-order valence-corrected chi connectivity index (χ0v) is 10.3. The third-order valence-electron chi connectivity index (χ3n) is 2.63. The summed E-state index contributed by atoms with van der Waals surface area (Å²) in [5.74, 6) is 1.24. The standard InChI is InChI=1S/C13H16N4/c1-9(2)11-12(10-5-4-6-15-7-10)16-8-17-13(11)14-3/h4-9H,1-3H3,(H,14,16,17). The van der Waals surface area contributed by atoms with Crippen molar-refractivity contribution in [3.8, 4) is 11.3 Å². The summed E-state index contributed by atoms with van der Waals surface area (Å²) in [7, 11) is 1.88. The third kappa shape index (κ3) is 2.25. The van der Waals surface area contributed by atoms with Gasteiger partial charge in [0.1, 0.15) is 12.1 Å². The molecule has 0 fully saturated rings. The Morgan fingerprint density at radius 3 is 2.65 bits per heavy atom. The highest BCUT2D eigenvalue weighted by atomic mass is 15.0. The van der Waals surface area contributed by atoms with Gasteiger partial charge in [-0.15, -0.1) is 0 Å². The van der Waals surface area contributed by atoms with E-state index >= 15 is 0 Å². The van der Waals surface area contributed by atoms with E-state index in [4.69, 9.17) is 0 Å². The summed E-state index contributed by atoms with van der Waals surface area (Å²) < 4.78 is 0. The Morgan fingerprint density at radius 1 is 1.24 bits per heavy atom. The van der Waals surface area contributed by atoms with Crippen LogP contribution in [0.5, 0.6) is 0 Å². The minimum absolute atomic E-state index is 0.355. The summed E-state index contributed by atoms with van der Waals surface area (Å²) in [4.78, 5) is 12.8. The molecule has 2 rings (SSSR count). The first-order valence-corrected chi connectivity index (χ1v) is 5.67. The molecular weight excluding hydrogens is 212 g/mol. The number of nitrogens with one attached hydrogen (secondary N) is 1. The fraction of sp³-hybridized carbons (Fsp3) is 0.308. The minimum Gasteiger partial charge on any atom is -0.373 e. The monoisotopic (exact) mass is 228 g/mol. The number of rotatable bonds is 3. The number of anilines is 1. The molecule has 2 aromatic heterocycles. The maximum atomic E-state index is 4.39. The molecule has 2 aromatic rings. The van der Waals surface area contributed by atoms with Gasteiger partial charge in [-0.05, 0) is 18.1 Å². The summed E-state index contributed by atoms with van der Waals surface area (Å²) in [5, 5.41) is 3.12. The maximum absolute atomic E-state index is 4.39. The summed E-state index contributed by atoms with van der Waals surface area (Å²) >= 11 is 0. The predicted molar refractivity (Wildman–Crippen MR) is 68.9 cm³/mol. The van der Waals surface area contributed by atoms with E-state index in [1.165, 1.54) is 0 Å². The average molecular weight is 228 g/mol. The molecule has 2 heterocycles. The highest BCUT2D eigenvalue weighted by molar-refractivity contribution is 5.68. The van der Waals surface area contributed by atoms with Crippen LogP contribution in [0.4, 0.5) is 5.82 Å². The zero-order chi connectivity index (χ0) is 12.3. The van der Waals surface area contributed by atoms with Crippen molar-refractivity contribution in [2.24, 2.45) is 0 Å². The maximum Gasteiger partial charge on any atom is 0.133 e. The lowest BCUT2D eigenvalue weighted by Gasteiger charge is -2.15. The molecule has 0 aliphatic carbocycles. The van der Waals surface area contributed by atoms with Crippen molar-refractivity contribution in [2.75, 3.05) is 12.4 Å². The molecule has 0 amide bonds. The van der Waals surface area contributed by atoms with Crippen LogP contribution < -0.4 is 5.32 Å². The fourth-order valence-corrected chi connectivity index (χ4v) is 1.87. The van der Waals surface area contributed by atoms with Gasteiger partial charge in [0.2, 0.25) is 0 Å². The molecule has 0 aliphatic rings. The molecule has 0 aromatic carbocycles. The molecule has 1 N–H and O–H groups in total. The van der Waals surface area contributed by atoms with Crippen molar-refractivity contribution in [3.05, 3.63) is 36.4 Å². The van der Waals surface area contributed by atoms with Gasteiger partial charge in [0.05, 0.1) is 5.69 Å². The number of hydrogen-bond acceptors (Lipinski definition) is 4. The van der Waals surface area contributed by atoms with Crippen molar-refractivity contribution >= 4 is 5.82 Å². The van der Waals surface area contributed by atoms with E-state index in [1.54, 1.807) is 12.5 Å². The summed E-state index contributed by atoms with van der Waals surface area (Å²) in [6.45, 7) is 4.28. The Labute approximate surface area is 101 Å². The number of hydrogen-bond donors (Lipinski definition) is 1. The largest absolute Gasteiger partial charge is 0.373 e. The topological polar surface area (TPSA) is 50.7 Å². The quantitative estimate of drug-likeness (QED) is 0.877. The average Bonchev–Trinajstić information content (AvgIpc) is 2.38. The van der Waals surface area contributed by atoms with E-state index in [0.29, 0.717) is 5.92 Å². The first-order valence-electron chi connectivity index (χ1n) is 5.67. The summed E-state index contributed by atoms with van der Waals surface area (Å²) in [6, 6.07) is 3.93. The van der Waals surface area contributed by atoms with Crippen molar-refractivity contribution < 1.29 is 0 Å². The molecule has 17 heavy (non-hydrogen) atoms. The van der Waals surface area contributed by atoms with Crippen LogP contribution in [0.15, 0.2) is 30.9 Å². The van der Waals surface area contributed by atoms with Crippen molar-refractivity contribution in [1.82, 2.24) is 15.0 Å². The van der Waals surface area contributed by atoms with Crippen LogP contribution >= 0.6 is 0 Å². The molecule has 0 spiro atoms. The molecule has 0 aliphatic heterocycles. The van der Waals surface area contributed by atoms with Crippen LogP contribution in [-0.2, 0) is 0 Å². The normalized spacial score (nSPS) is 10.6. The molecule has 0 radical (unpaired) electrons. The molecule has 0 saturated heterocycles. The van der Waals surface area contributed by atoms with Crippen molar-refractivity contribution in [1.29, 1.82) is 0 Å². The van der Waals surface area contributed by atoms with Gasteiger partial charge >= 0.3 is 0 Å². The van der Waals surface area contributed by atoms with Crippen LogP contribution in [0.2, 0.25) is 0 Å². The predicted octanol–water partition coefficient (Wildman–Crippen LogP) is 2.70. The second-order valence-electron chi connectivity index (χ2n) is 4.13. The lowest BCUT2D eigenvalue weighted by molar-refractivity contribution is 0.852. The second-order valence-corrected chi connectivity index (χ2v) is 4.13. The Kier molecular flexibility index (Phi) is 3.32. The Bertz CT molecular complexity index is 494. The third-order valence-corrected chi connectivity index (χ3v) is 2.63. The minimum atomic E-state index is 0.355. The van der Waals surface area contributed by atoms with E-state index in [1.807, 2.05) is 25.4 Å².